The van der Waals surface area contributed by atoms with Crippen LogP contribution in [0.15, 0.2) is 71.0 Å². The Morgan fingerprint density at radius 1 is 0.739 bits per heavy atom. The van der Waals surface area contributed by atoms with Gasteiger partial charge < -0.3 is 10.4 Å². The van der Waals surface area contributed by atoms with Crippen molar-refractivity contribution in [3.05, 3.63) is 71.8 Å². The topological polar surface area (TPSA) is 65.2 Å². The first-order valence-electron chi connectivity index (χ1n) is 7.58. The van der Waals surface area contributed by atoms with Gasteiger partial charge in [0.05, 0.1) is 16.8 Å². The number of hydrogen-bond acceptors (Lipinski definition) is 4. The van der Waals surface area contributed by atoms with Crippen LogP contribution in [0.2, 0.25) is 0 Å². The summed E-state index contributed by atoms with van der Waals surface area (Å²) in [7, 11) is 0. The zero-order chi connectivity index (χ0) is 16.7. The normalized spacial score (nSPS) is 13.1. The van der Waals surface area contributed by atoms with E-state index in [4.69, 9.17) is 0 Å². The first kappa shape index (κ1) is 16.7. The van der Waals surface area contributed by atoms with Crippen LogP contribution >= 0.6 is 0 Å². The van der Waals surface area contributed by atoms with Crippen molar-refractivity contribution in [2.45, 2.75) is 26.7 Å². The Kier molecular flexibility index (Phi) is 5.52. The lowest BCUT2D eigenvalue weighted by molar-refractivity contribution is 0.301. The molecule has 2 N–H and O–H groups in total. The van der Waals surface area contributed by atoms with E-state index in [0.29, 0.717) is 24.3 Å². The minimum atomic E-state index is -0.674. The molecule has 0 fully saturated rings. The third kappa shape index (κ3) is 3.77. The van der Waals surface area contributed by atoms with Crippen molar-refractivity contribution in [3.8, 4) is 0 Å². The molecule has 0 unspecified atom stereocenters. The second kappa shape index (κ2) is 7.58. The predicted molar refractivity (Wildman–Crippen MR) is 92.5 cm³/mol. The van der Waals surface area contributed by atoms with Crippen LogP contribution in [0, 0.1) is 5.41 Å². The second-order valence-corrected chi connectivity index (χ2v) is 5.78. The molecule has 23 heavy (non-hydrogen) atoms. The molecule has 0 saturated carbocycles. The molecule has 0 bridgehead atoms. The Morgan fingerprint density at radius 3 is 1.39 bits per heavy atom. The third-order valence-electron chi connectivity index (χ3n) is 4.38. The van der Waals surface area contributed by atoms with Gasteiger partial charge in [-0.3, -0.25) is 0 Å². The van der Waals surface area contributed by atoms with E-state index in [2.05, 4.69) is 10.3 Å². The largest absolute Gasteiger partial charge is 0.411 e. The maximum atomic E-state index is 9.42. The number of rotatable bonds is 6. The molecule has 2 rings (SSSR count). The summed E-state index contributed by atoms with van der Waals surface area (Å²) in [6.45, 7) is 3.53. The van der Waals surface area contributed by atoms with Crippen LogP contribution in [0.1, 0.15) is 25.0 Å². The fourth-order valence-corrected chi connectivity index (χ4v) is 2.92. The van der Waals surface area contributed by atoms with Gasteiger partial charge in [0.2, 0.25) is 0 Å². The van der Waals surface area contributed by atoms with Crippen LogP contribution < -0.4 is 0 Å². The fourth-order valence-electron chi connectivity index (χ4n) is 2.92. The average Bonchev–Trinajstić information content (AvgIpc) is 2.61. The quantitative estimate of drug-likeness (QED) is 0.478. The molecule has 0 radical (unpaired) electrons. The van der Waals surface area contributed by atoms with E-state index in [9.17, 15) is 10.4 Å². The Morgan fingerprint density at radius 2 is 1.09 bits per heavy atom. The lowest BCUT2D eigenvalue weighted by atomic mass is 9.70. The molecule has 0 saturated heterocycles. The van der Waals surface area contributed by atoms with Crippen LogP contribution in [0.25, 0.3) is 0 Å². The number of nitrogens with zero attached hydrogens (tertiary/aromatic N) is 2. The van der Waals surface area contributed by atoms with Gasteiger partial charge in [-0.2, -0.15) is 0 Å². The van der Waals surface area contributed by atoms with Gasteiger partial charge in [-0.25, -0.2) is 0 Å². The standard InChI is InChI=1S/C19H22N2O2/c1-15(20-22)19(16(2)21-23,13-17-9-5-3-6-10-17)14-18-11-7-4-8-12-18/h3-12,22-23H,13-14H2,1-2H3/b20-15+,21-16+. The molecule has 0 aliphatic heterocycles. The highest BCUT2D eigenvalue weighted by Gasteiger charge is 2.38. The van der Waals surface area contributed by atoms with E-state index < -0.39 is 5.41 Å². The van der Waals surface area contributed by atoms with Gasteiger partial charge in [0.25, 0.3) is 0 Å². The smallest absolute Gasteiger partial charge is 0.0665 e. The monoisotopic (exact) mass is 310 g/mol. The molecule has 4 nitrogen and oxygen atoms in total. The van der Waals surface area contributed by atoms with Gasteiger partial charge in [-0.15, -0.1) is 0 Å². The maximum Gasteiger partial charge on any atom is 0.0665 e. The summed E-state index contributed by atoms with van der Waals surface area (Å²) in [6, 6.07) is 19.9. The lowest BCUT2D eigenvalue weighted by Crippen LogP contribution is -2.41. The zero-order valence-corrected chi connectivity index (χ0v) is 13.5. The van der Waals surface area contributed by atoms with Gasteiger partial charge in [0, 0.05) is 0 Å². The van der Waals surface area contributed by atoms with Crippen molar-refractivity contribution in [1.29, 1.82) is 0 Å². The van der Waals surface area contributed by atoms with Crippen molar-refractivity contribution < 1.29 is 10.4 Å². The number of benzene rings is 2. The van der Waals surface area contributed by atoms with Crippen LogP contribution in [-0.4, -0.2) is 21.8 Å². The summed E-state index contributed by atoms with van der Waals surface area (Å²) < 4.78 is 0. The van der Waals surface area contributed by atoms with Crippen molar-refractivity contribution in [2.75, 3.05) is 0 Å². The van der Waals surface area contributed by atoms with Gasteiger partial charge in [-0.1, -0.05) is 71.0 Å². The Balaban J connectivity index is 2.51. The summed E-state index contributed by atoms with van der Waals surface area (Å²) in [5, 5.41) is 25.7. The molecule has 2 aromatic carbocycles. The summed E-state index contributed by atoms with van der Waals surface area (Å²) in [6.07, 6.45) is 1.18. The molecule has 0 aliphatic carbocycles. The Bertz CT molecular complexity index is 618. The summed E-state index contributed by atoms with van der Waals surface area (Å²) in [4.78, 5) is 0. The first-order valence-corrected chi connectivity index (χ1v) is 7.58. The molecule has 0 aromatic heterocycles. The van der Waals surface area contributed by atoms with Crippen molar-refractivity contribution in [1.82, 2.24) is 0 Å². The third-order valence-corrected chi connectivity index (χ3v) is 4.38. The van der Waals surface area contributed by atoms with E-state index in [-0.39, 0.29) is 0 Å². The molecule has 2 aromatic rings. The molecule has 0 atom stereocenters. The highest BCUT2D eigenvalue weighted by molar-refractivity contribution is 6.10. The van der Waals surface area contributed by atoms with Gasteiger partial charge in [-0.05, 0) is 37.8 Å². The van der Waals surface area contributed by atoms with Crippen molar-refractivity contribution in [2.24, 2.45) is 15.7 Å². The highest BCUT2D eigenvalue weighted by Crippen LogP contribution is 2.32. The lowest BCUT2D eigenvalue weighted by Gasteiger charge is -2.33. The second-order valence-electron chi connectivity index (χ2n) is 5.78. The summed E-state index contributed by atoms with van der Waals surface area (Å²) >= 11 is 0. The maximum absolute atomic E-state index is 9.42. The van der Waals surface area contributed by atoms with Crippen molar-refractivity contribution in [3.63, 3.8) is 0 Å². The van der Waals surface area contributed by atoms with Gasteiger partial charge >= 0.3 is 0 Å². The van der Waals surface area contributed by atoms with Crippen molar-refractivity contribution >= 4 is 11.4 Å². The Labute approximate surface area is 136 Å². The molecule has 0 aliphatic rings. The van der Waals surface area contributed by atoms with E-state index in [0.717, 1.165) is 11.1 Å². The molecular weight excluding hydrogens is 288 g/mol. The number of hydrogen-bond donors (Lipinski definition) is 2. The van der Waals surface area contributed by atoms with Crippen LogP contribution in [0.3, 0.4) is 0 Å². The molecule has 4 heteroatoms. The van der Waals surface area contributed by atoms with Crippen LogP contribution in [0.5, 0.6) is 0 Å². The highest BCUT2D eigenvalue weighted by atomic mass is 16.4. The molecular formula is C19H22N2O2. The first-order chi connectivity index (χ1) is 11.1. The summed E-state index contributed by atoms with van der Waals surface area (Å²) in [5.41, 5.74) is 2.57. The van der Waals surface area contributed by atoms with E-state index in [1.54, 1.807) is 13.8 Å². The summed E-state index contributed by atoms with van der Waals surface area (Å²) in [5.74, 6) is 0. The minimum absolute atomic E-state index is 0.528. The molecule has 0 heterocycles. The molecule has 0 spiro atoms. The fraction of sp³-hybridized carbons (Fsp3) is 0.263. The van der Waals surface area contributed by atoms with Crippen LogP contribution in [-0.2, 0) is 12.8 Å². The SMILES string of the molecule is C/C(=N\O)C(Cc1ccccc1)(Cc1ccccc1)/C(C)=N/O. The van der Waals surface area contributed by atoms with Gasteiger partial charge in [0.15, 0.2) is 0 Å². The van der Waals surface area contributed by atoms with E-state index in [1.165, 1.54) is 0 Å². The van der Waals surface area contributed by atoms with Gasteiger partial charge in [0.1, 0.15) is 0 Å². The number of oxime groups is 2. The predicted octanol–water partition coefficient (Wildman–Crippen LogP) is 4.16. The van der Waals surface area contributed by atoms with E-state index >= 15 is 0 Å². The van der Waals surface area contributed by atoms with Crippen LogP contribution in [0.4, 0.5) is 0 Å². The minimum Gasteiger partial charge on any atom is -0.411 e. The molecule has 0 amide bonds. The average molecular weight is 310 g/mol. The van der Waals surface area contributed by atoms with E-state index in [1.807, 2.05) is 60.7 Å². The molecule has 120 valence electrons. The Hall–Kier alpha value is -2.62. The zero-order valence-electron chi connectivity index (χ0n) is 13.5.